The van der Waals surface area contributed by atoms with Crippen molar-refractivity contribution in [1.29, 1.82) is 0 Å². The lowest BCUT2D eigenvalue weighted by atomic mass is 9.80. The minimum absolute atomic E-state index is 0.0423. The van der Waals surface area contributed by atoms with Crippen molar-refractivity contribution in [2.24, 2.45) is 11.8 Å². The fourth-order valence-corrected chi connectivity index (χ4v) is 2.94. The van der Waals surface area contributed by atoms with Gasteiger partial charge in [-0.15, -0.1) is 0 Å². The van der Waals surface area contributed by atoms with Crippen molar-refractivity contribution < 1.29 is 27.5 Å². The van der Waals surface area contributed by atoms with Gasteiger partial charge in [0.15, 0.2) is 6.61 Å². The Hall–Kier alpha value is -1.77. The van der Waals surface area contributed by atoms with Crippen molar-refractivity contribution in [3.05, 3.63) is 28.7 Å². The fourth-order valence-electron chi connectivity index (χ4n) is 2.67. The van der Waals surface area contributed by atoms with Crippen LogP contribution in [0.15, 0.2) is 28.7 Å². The Balaban J connectivity index is 1.73. The number of carbonyl (C=O) groups is 2. The van der Waals surface area contributed by atoms with Crippen LogP contribution in [0, 0.1) is 11.8 Å². The van der Waals surface area contributed by atoms with Gasteiger partial charge in [-0.1, -0.05) is 22.4 Å². The molecule has 0 saturated heterocycles. The van der Waals surface area contributed by atoms with E-state index in [0.29, 0.717) is 18.6 Å². The van der Waals surface area contributed by atoms with Crippen LogP contribution in [-0.2, 0) is 9.59 Å². The highest BCUT2D eigenvalue weighted by Crippen LogP contribution is 2.39. The number of alkyl halides is 3. The molecule has 1 aliphatic carbocycles. The van der Waals surface area contributed by atoms with Gasteiger partial charge in [0.25, 0.3) is 5.91 Å². The number of amides is 2. The topological polar surface area (TPSA) is 67.4 Å². The van der Waals surface area contributed by atoms with Crippen LogP contribution in [0.1, 0.15) is 25.7 Å². The summed E-state index contributed by atoms with van der Waals surface area (Å²) >= 11 is 3.27. The van der Waals surface area contributed by atoms with E-state index < -0.39 is 29.8 Å². The Labute approximate surface area is 151 Å². The summed E-state index contributed by atoms with van der Waals surface area (Å²) in [5.74, 6) is -2.95. The summed E-state index contributed by atoms with van der Waals surface area (Å²) in [5.41, 5.74) is 4.34. The van der Waals surface area contributed by atoms with Crippen molar-refractivity contribution in [3.8, 4) is 5.75 Å². The maximum Gasteiger partial charge on any atom is 0.391 e. The number of nitrogens with one attached hydrogen (secondary N) is 2. The van der Waals surface area contributed by atoms with Crippen LogP contribution in [-0.4, -0.2) is 24.6 Å². The summed E-state index contributed by atoms with van der Waals surface area (Å²) in [6.07, 6.45) is -3.78. The smallest absolute Gasteiger partial charge is 0.391 e. The van der Waals surface area contributed by atoms with E-state index in [-0.39, 0.29) is 19.4 Å². The van der Waals surface area contributed by atoms with Gasteiger partial charge in [0.2, 0.25) is 5.91 Å². The second-order valence-electron chi connectivity index (χ2n) is 5.88. The summed E-state index contributed by atoms with van der Waals surface area (Å²) in [4.78, 5) is 23.6. The zero-order chi connectivity index (χ0) is 18.4. The van der Waals surface area contributed by atoms with Crippen molar-refractivity contribution in [2.45, 2.75) is 31.9 Å². The van der Waals surface area contributed by atoms with Gasteiger partial charge in [-0.2, -0.15) is 13.2 Å². The quantitative estimate of drug-likeness (QED) is 0.731. The maximum absolute atomic E-state index is 12.8. The average Bonchev–Trinajstić information content (AvgIpc) is 2.58. The zero-order valence-corrected chi connectivity index (χ0v) is 14.8. The fraction of sp³-hybridized carbons (Fsp3) is 0.500. The molecule has 2 unspecified atom stereocenters. The van der Waals surface area contributed by atoms with E-state index in [2.05, 4.69) is 26.8 Å². The standard InChI is InChI=1S/C16H18BrF3N2O3/c17-12-4-6-13(7-5-12)25-9-14(23)21-22-15(24)10-2-1-3-11(8-10)16(18,19)20/h4-7,10-11H,1-3,8-9H2,(H,21,23)(H,22,24). The van der Waals surface area contributed by atoms with Gasteiger partial charge in [-0.3, -0.25) is 20.4 Å². The summed E-state index contributed by atoms with van der Waals surface area (Å²) < 4.78 is 44.4. The van der Waals surface area contributed by atoms with Crippen LogP contribution < -0.4 is 15.6 Å². The molecule has 0 aliphatic heterocycles. The zero-order valence-electron chi connectivity index (χ0n) is 13.2. The first-order valence-corrected chi connectivity index (χ1v) is 8.59. The van der Waals surface area contributed by atoms with Crippen LogP contribution in [0.2, 0.25) is 0 Å². The third-order valence-corrected chi connectivity index (χ3v) is 4.55. The third-order valence-electron chi connectivity index (χ3n) is 4.02. The van der Waals surface area contributed by atoms with Gasteiger partial charge in [0.05, 0.1) is 5.92 Å². The lowest BCUT2D eigenvalue weighted by Crippen LogP contribution is -2.47. The first-order chi connectivity index (χ1) is 11.8. The second-order valence-corrected chi connectivity index (χ2v) is 6.80. The largest absolute Gasteiger partial charge is 0.484 e. The molecule has 2 amide bonds. The summed E-state index contributed by atoms with van der Waals surface area (Å²) in [6.45, 7) is -0.322. The molecule has 2 N–H and O–H groups in total. The summed E-state index contributed by atoms with van der Waals surface area (Å²) in [6, 6.07) is 6.81. The van der Waals surface area contributed by atoms with Gasteiger partial charge in [-0.25, -0.2) is 0 Å². The predicted octanol–water partition coefficient (Wildman–Crippen LogP) is 3.34. The number of hydrazine groups is 1. The lowest BCUT2D eigenvalue weighted by Gasteiger charge is -2.29. The molecule has 1 aromatic carbocycles. The normalized spacial score (nSPS) is 20.6. The molecular formula is C16H18BrF3N2O3. The first kappa shape index (κ1) is 19.6. The first-order valence-electron chi connectivity index (χ1n) is 7.79. The summed E-state index contributed by atoms with van der Waals surface area (Å²) in [5, 5.41) is 0. The number of rotatable bonds is 4. The molecule has 1 saturated carbocycles. The summed E-state index contributed by atoms with van der Waals surface area (Å²) in [7, 11) is 0. The van der Waals surface area contributed by atoms with E-state index in [1.54, 1.807) is 24.3 Å². The van der Waals surface area contributed by atoms with Gasteiger partial charge < -0.3 is 4.74 Å². The molecule has 2 atom stereocenters. The molecule has 0 spiro atoms. The Bertz CT molecular complexity index is 608. The molecule has 1 aliphatic rings. The van der Waals surface area contributed by atoms with E-state index in [4.69, 9.17) is 4.74 Å². The number of hydrogen-bond donors (Lipinski definition) is 2. The minimum atomic E-state index is -4.29. The van der Waals surface area contributed by atoms with E-state index in [1.165, 1.54) is 0 Å². The van der Waals surface area contributed by atoms with E-state index in [1.807, 2.05) is 0 Å². The molecule has 138 valence electrons. The van der Waals surface area contributed by atoms with Crippen LogP contribution in [0.25, 0.3) is 0 Å². The van der Waals surface area contributed by atoms with Crippen molar-refractivity contribution in [2.75, 3.05) is 6.61 Å². The molecule has 2 rings (SSSR count). The Morgan fingerprint density at radius 2 is 1.84 bits per heavy atom. The molecule has 0 bridgehead atoms. The van der Waals surface area contributed by atoms with Gasteiger partial charge in [0, 0.05) is 10.4 Å². The van der Waals surface area contributed by atoms with Gasteiger partial charge in [0.1, 0.15) is 5.75 Å². The van der Waals surface area contributed by atoms with Gasteiger partial charge in [-0.05, 0) is 43.5 Å². The molecule has 0 radical (unpaired) electrons. The van der Waals surface area contributed by atoms with E-state index in [0.717, 1.165) is 4.47 Å². The van der Waals surface area contributed by atoms with E-state index in [9.17, 15) is 22.8 Å². The molecule has 0 heterocycles. The number of halogens is 4. The second kappa shape index (κ2) is 8.55. The Morgan fingerprint density at radius 1 is 1.16 bits per heavy atom. The van der Waals surface area contributed by atoms with Crippen molar-refractivity contribution >= 4 is 27.7 Å². The number of ether oxygens (including phenoxy) is 1. The average molecular weight is 423 g/mol. The molecule has 25 heavy (non-hydrogen) atoms. The molecular weight excluding hydrogens is 405 g/mol. The highest BCUT2D eigenvalue weighted by molar-refractivity contribution is 9.10. The van der Waals surface area contributed by atoms with Crippen molar-refractivity contribution in [3.63, 3.8) is 0 Å². The maximum atomic E-state index is 12.8. The molecule has 9 heteroatoms. The SMILES string of the molecule is O=C(COc1ccc(Br)cc1)NNC(=O)C1CCCC(C(F)(F)F)C1. The highest BCUT2D eigenvalue weighted by atomic mass is 79.9. The van der Waals surface area contributed by atoms with Crippen LogP contribution in [0.3, 0.4) is 0 Å². The van der Waals surface area contributed by atoms with E-state index >= 15 is 0 Å². The Morgan fingerprint density at radius 3 is 2.48 bits per heavy atom. The minimum Gasteiger partial charge on any atom is -0.484 e. The number of hydrogen-bond acceptors (Lipinski definition) is 3. The molecule has 5 nitrogen and oxygen atoms in total. The van der Waals surface area contributed by atoms with Crippen molar-refractivity contribution in [1.82, 2.24) is 10.9 Å². The Kier molecular flexibility index (Phi) is 6.69. The molecule has 0 aromatic heterocycles. The van der Waals surface area contributed by atoms with Crippen LogP contribution in [0.4, 0.5) is 13.2 Å². The number of carbonyl (C=O) groups excluding carboxylic acids is 2. The monoisotopic (exact) mass is 422 g/mol. The number of benzene rings is 1. The molecule has 1 aromatic rings. The van der Waals surface area contributed by atoms with Crippen LogP contribution >= 0.6 is 15.9 Å². The van der Waals surface area contributed by atoms with Gasteiger partial charge >= 0.3 is 6.18 Å². The lowest BCUT2D eigenvalue weighted by molar-refractivity contribution is -0.186. The highest BCUT2D eigenvalue weighted by Gasteiger charge is 2.43. The molecule has 1 fully saturated rings. The predicted molar refractivity (Wildman–Crippen MR) is 87.4 cm³/mol. The third kappa shape index (κ3) is 6.22. The van der Waals surface area contributed by atoms with Crippen LogP contribution in [0.5, 0.6) is 5.75 Å².